The lowest BCUT2D eigenvalue weighted by atomic mass is 9.84. The Labute approximate surface area is 126 Å². The van der Waals surface area contributed by atoms with E-state index in [9.17, 15) is 4.39 Å². The third-order valence-corrected chi connectivity index (χ3v) is 4.33. The Bertz CT molecular complexity index is 450. The monoisotopic (exact) mass is 298 g/mol. The number of piperazine rings is 1. The summed E-state index contributed by atoms with van der Waals surface area (Å²) in [6.07, 6.45) is 1.03. The molecule has 1 saturated heterocycles. The van der Waals surface area contributed by atoms with Gasteiger partial charge in [0, 0.05) is 35.9 Å². The molecule has 2 rings (SSSR count). The Morgan fingerprint density at radius 2 is 2.05 bits per heavy atom. The van der Waals surface area contributed by atoms with E-state index in [0.717, 1.165) is 25.2 Å². The van der Waals surface area contributed by atoms with Gasteiger partial charge in [0.05, 0.1) is 0 Å². The molecule has 2 nitrogen and oxygen atoms in total. The van der Waals surface area contributed by atoms with Crippen molar-refractivity contribution in [2.45, 2.75) is 46.2 Å². The lowest BCUT2D eigenvalue weighted by Gasteiger charge is -2.46. The molecule has 0 saturated carbocycles. The van der Waals surface area contributed by atoms with E-state index in [-0.39, 0.29) is 11.2 Å². The van der Waals surface area contributed by atoms with Gasteiger partial charge in [0.15, 0.2) is 0 Å². The van der Waals surface area contributed by atoms with Crippen molar-refractivity contribution in [3.05, 3.63) is 29.0 Å². The predicted octanol–water partition coefficient (Wildman–Crippen LogP) is 4.08. The molecule has 20 heavy (non-hydrogen) atoms. The summed E-state index contributed by atoms with van der Waals surface area (Å²) >= 11 is 6.00. The van der Waals surface area contributed by atoms with E-state index < -0.39 is 0 Å². The zero-order valence-corrected chi connectivity index (χ0v) is 13.5. The molecule has 0 bridgehead atoms. The summed E-state index contributed by atoms with van der Waals surface area (Å²) in [5.41, 5.74) is 1.06. The molecular weight excluding hydrogens is 275 g/mol. The van der Waals surface area contributed by atoms with Crippen molar-refractivity contribution in [2.75, 3.05) is 18.0 Å². The summed E-state index contributed by atoms with van der Waals surface area (Å²) in [6, 6.07) is 5.56. The SMILES string of the molecule is CCC1CNC(C(C)(C)C)CN1c1cc(F)cc(Cl)c1. The Balaban J connectivity index is 2.29. The maximum Gasteiger partial charge on any atom is 0.126 e. The molecule has 0 radical (unpaired) electrons. The molecule has 0 spiro atoms. The third-order valence-electron chi connectivity index (χ3n) is 4.12. The van der Waals surface area contributed by atoms with Crippen LogP contribution in [0, 0.1) is 11.2 Å². The van der Waals surface area contributed by atoms with Crippen LogP contribution in [0.4, 0.5) is 10.1 Å². The fourth-order valence-electron chi connectivity index (χ4n) is 2.76. The normalized spacial score (nSPS) is 24.0. The standard InChI is InChI=1S/C16H24ClFN2/c1-5-13-9-19-15(16(2,3)4)10-20(13)14-7-11(17)6-12(18)8-14/h6-8,13,15,19H,5,9-10H2,1-4H3. The molecule has 1 aliphatic rings. The number of nitrogens with one attached hydrogen (secondary N) is 1. The maximum absolute atomic E-state index is 13.6. The van der Waals surface area contributed by atoms with Crippen LogP contribution in [0.1, 0.15) is 34.1 Å². The topological polar surface area (TPSA) is 15.3 Å². The lowest BCUT2D eigenvalue weighted by molar-refractivity contribution is 0.233. The summed E-state index contributed by atoms with van der Waals surface area (Å²) in [6.45, 7) is 10.7. The molecule has 1 aromatic carbocycles. The van der Waals surface area contributed by atoms with Gasteiger partial charge in [-0.15, -0.1) is 0 Å². The molecular formula is C16H24ClFN2. The Morgan fingerprint density at radius 1 is 1.35 bits per heavy atom. The Kier molecular flexibility index (Phi) is 4.60. The highest BCUT2D eigenvalue weighted by atomic mass is 35.5. The fraction of sp³-hybridized carbons (Fsp3) is 0.625. The molecule has 1 heterocycles. The summed E-state index contributed by atoms with van der Waals surface area (Å²) in [5, 5.41) is 4.08. The molecule has 1 aliphatic heterocycles. The molecule has 1 aromatic rings. The van der Waals surface area contributed by atoms with Crippen molar-refractivity contribution in [1.82, 2.24) is 5.32 Å². The summed E-state index contributed by atoms with van der Waals surface area (Å²) < 4.78 is 13.6. The first-order valence-corrected chi connectivity index (χ1v) is 7.65. The molecule has 0 aliphatic carbocycles. The van der Waals surface area contributed by atoms with Gasteiger partial charge in [-0.2, -0.15) is 0 Å². The largest absolute Gasteiger partial charge is 0.366 e. The van der Waals surface area contributed by atoms with Crippen LogP contribution in [0.3, 0.4) is 0 Å². The summed E-state index contributed by atoms with van der Waals surface area (Å²) in [4.78, 5) is 2.29. The average Bonchev–Trinajstić information content (AvgIpc) is 2.35. The number of halogens is 2. The fourth-order valence-corrected chi connectivity index (χ4v) is 2.98. The van der Waals surface area contributed by atoms with Crippen molar-refractivity contribution < 1.29 is 4.39 Å². The van der Waals surface area contributed by atoms with Crippen LogP contribution in [0.25, 0.3) is 0 Å². The Hall–Kier alpha value is -0.800. The van der Waals surface area contributed by atoms with E-state index in [4.69, 9.17) is 11.6 Å². The first-order chi connectivity index (χ1) is 9.31. The smallest absolute Gasteiger partial charge is 0.126 e. The van der Waals surface area contributed by atoms with Crippen LogP contribution in [-0.4, -0.2) is 25.2 Å². The third kappa shape index (κ3) is 3.44. The van der Waals surface area contributed by atoms with Crippen molar-refractivity contribution in [3.8, 4) is 0 Å². The quantitative estimate of drug-likeness (QED) is 0.885. The number of hydrogen-bond donors (Lipinski definition) is 1. The number of nitrogens with zero attached hydrogens (tertiary/aromatic N) is 1. The van der Waals surface area contributed by atoms with E-state index >= 15 is 0 Å². The second-order valence-corrected chi connectivity index (χ2v) is 7.11. The van der Waals surface area contributed by atoms with Crippen molar-refractivity contribution in [3.63, 3.8) is 0 Å². The van der Waals surface area contributed by atoms with Crippen molar-refractivity contribution in [1.29, 1.82) is 0 Å². The predicted molar refractivity (Wildman–Crippen MR) is 84.1 cm³/mol. The lowest BCUT2D eigenvalue weighted by Crippen LogP contribution is -2.60. The highest BCUT2D eigenvalue weighted by molar-refractivity contribution is 6.30. The van der Waals surface area contributed by atoms with E-state index in [2.05, 4.69) is 37.9 Å². The molecule has 0 amide bonds. The van der Waals surface area contributed by atoms with Crippen LogP contribution < -0.4 is 10.2 Å². The van der Waals surface area contributed by atoms with Gasteiger partial charge in [0.25, 0.3) is 0 Å². The van der Waals surface area contributed by atoms with Crippen LogP contribution in [0.2, 0.25) is 5.02 Å². The van der Waals surface area contributed by atoms with E-state index in [1.54, 1.807) is 6.07 Å². The van der Waals surface area contributed by atoms with Crippen LogP contribution in [-0.2, 0) is 0 Å². The summed E-state index contributed by atoms with van der Waals surface area (Å²) in [5.74, 6) is -0.270. The first-order valence-electron chi connectivity index (χ1n) is 7.27. The van der Waals surface area contributed by atoms with Gasteiger partial charge in [-0.25, -0.2) is 4.39 Å². The van der Waals surface area contributed by atoms with Crippen molar-refractivity contribution in [2.24, 2.45) is 5.41 Å². The molecule has 2 atom stereocenters. The van der Waals surface area contributed by atoms with Gasteiger partial charge >= 0.3 is 0 Å². The highest BCUT2D eigenvalue weighted by Crippen LogP contribution is 2.30. The number of anilines is 1. The van der Waals surface area contributed by atoms with Gasteiger partial charge in [0.1, 0.15) is 5.82 Å². The van der Waals surface area contributed by atoms with Gasteiger partial charge in [-0.05, 0) is 30.0 Å². The zero-order valence-electron chi connectivity index (χ0n) is 12.7. The maximum atomic E-state index is 13.6. The molecule has 0 aromatic heterocycles. The minimum Gasteiger partial charge on any atom is -0.366 e. The van der Waals surface area contributed by atoms with Crippen LogP contribution in [0.15, 0.2) is 18.2 Å². The van der Waals surface area contributed by atoms with Crippen LogP contribution in [0.5, 0.6) is 0 Å². The van der Waals surface area contributed by atoms with Gasteiger partial charge in [-0.1, -0.05) is 39.3 Å². The van der Waals surface area contributed by atoms with E-state index in [1.807, 2.05) is 6.07 Å². The minimum absolute atomic E-state index is 0.175. The second-order valence-electron chi connectivity index (χ2n) is 6.67. The van der Waals surface area contributed by atoms with Crippen LogP contribution >= 0.6 is 11.6 Å². The van der Waals surface area contributed by atoms with Gasteiger partial charge < -0.3 is 10.2 Å². The average molecular weight is 299 g/mol. The molecule has 1 N–H and O–H groups in total. The highest BCUT2D eigenvalue weighted by Gasteiger charge is 2.33. The molecule has 4 heteroatoms. The second kappa shape index (κ2) is 5.90. The zero-order chi connectivity index (χ0) is 14.9. The molecule has 1 fully saturated rings. The van der Waals surface area contributed by atoms with Gasteiger partial charge in [-0.3, -0.25) is 0 Å². The van der Waals surface area contributed by atoms with Gasteiger partial charge in [0.2, 0.25) is 0 Å². The van der Waals surface area contributed by atoms with E-state index in [0.29, 0.717) is 17.1 Å². The molecule has 112 valence electrons. The van der Waals surface area contributed by atoms with E-state index in [1.165, 1.54) is 6.07 Å². The molecule has 2 unspecified atom stereocenters. The number of rotatable bonds is 2. The number of hydrogen-bond acceptors (Lipinski definition) is 2. The number of benzene rings is 1. The Morgan fingerprint density at radius 3 is 2.60 bits per heavy atom. The van der Waals surface area contributed by atoms with Crippen molar-refractivity contribution >= 4 is 17.3 Å². The first kappa shape index (κ1) is 15.6. The minimum atomic E-state index is -0.270. The summed E-state index contributed by atoms with van der Waals surface area (Å²) in [7, 11) is 0.